The molecule has 6 nitrogen and oxygen atoms in total. The lowest BCUT2D eigenvalue weighted by Crippen LogP contribution is -2.29. The zero-order valence-corrected chi connectivity index (χ0v) is 10.2. The molecule has 1 aromatic rings. The molecule has 0 bridgehead atoms. The van der Waals surface area contributed by atoms with E-state index in [4.69, 9.17) is 5.11 Å². The van der Waals surface area contributed by atoms with Gasteiger partial charge in [0, 0.05) is 12.0 Å². The van der Waals surface area contributed by atoms with Crippen LogP contribution in [0.1, 0.15) is 38.9 Å². The highest BCUT2D eigenvalue weighted by Gasteiger charge is 2.15. The first-order valence-electron chi connectivity index (χ1n) is 5.54. The molecule has 1 heterocycles. The monoisotopic (exact) mass is 239 g/mol. The van der Waals surface area contributed by atoms with E-state index in [2.05, 4.69) is 15.3 Å². The van der Waals surface area contributed by atoms with Crippen LogP contribution >= 0.6 is 0 Å². The van der Waals surface area contributed by atoms with Crippen LogP contribution in [0.15, 0.2) is 10.9 Å². The number of hydrogen-bond acceptors (Lipinski definition) is 4. The number of hydrogen-bond donors (Lipinski definition) is 3. The lowest BCUT2D eigenvalue weighted by atomic mass is 10.2. The molecule has 1 aromatic heterocycles. The Morgan fingerprint density at radius 3 is 2.71 bits per heavy atom. The predicted molar refractivity (Wildman–Crippen MR) is 64.3 cm³/mol. The molecule has 6 heteroatoms. The van der Waals surface area contributed by atoms with Crippen molar-refractivity contribution in [3.8, 4) is 0 Å². The summed E-state index contributed by atoms with van der Waals surface area (Å²) < 4.78 is 0. The highest BCUT2D eigenvalue weighted by molar-refractivity contribution is 5.76. The lowest BCUT2D eigenvalue weighted by Gasteiger charge is -2.13. The average molecular weight is 239 g/mol. The van der Waals surface area contributed by atoms with E-state index in [0.29, 0.717) is 18.1 Å². The first-order valence-corrected chi connectivity index (χ1v) is 5.54. The molecule has 1 unspecified atom stereocenters. The predicted octanol–water partition coefficient (Wildman–Crippen LogP) is 1.17. The number of aromatic nitrogens is 2. The Morgan fingerprint density at radius 2 is 2.24 bits per heavy atom. The molecule has 17 heavy (non-hydrogen) atoms. The molecular formula is C11H17N3O3. The molecule has 0 aliphatic rings. The average Bonchev–Trinajstić information content (AvgIpc) is 2.24. The summed E-state index contributed by atoms with van der Waals surface area (Å²) in [6, 6.07) is 0.529. The molecule has 1 atom stereocenters. The molecule has 0 spiro atoms. The minimum absolute atomic E-state index is 0.0781. The van der Waals surface area contributed by atoms with Crippen molar-refractivity contribution in [1.29, 1.82) is 0 Å². The van der Waals surface area contributed by atoms with E-state index < -0.39 is 12.0 Å². The van der Waals surface area contributed by atoms with E-state index in [1.165, 1.54) is 6.07 Å². The molecule has 0 saturated carbocycles. The molecule has 0 aromatic carbocycles. The normalized spacial score (nSPS) is 12.5. The molecular weight excluding hydrogens is 222 g/mol. The Balaban J connectivity index is 2.98. The molecule has 94 valence electrons. The van der Waals surface area contributed by atoms with Gasteiger partial charge in [0.25, 0.3) is 5.56 Å². The van der Waals surface area contributed by atoms with E-state index >= 15 is 0 Å². The van der Waals surface area contributed by atoms with Gasteiger partial charge in [-0.15, -0.1) is 0 Å². The molecule has 0 radical (unpaired) electrons. The van der Waals surface area contributed by atoms with E-state index in [9.17, 15) is 9.59 Å². The van der Waals surface area contributed by atoms with Gasteiger partial charge in [-0.3, -0.25) is 4.79 Å². The minimum atomic E-state index is -0.958. The fourth-order valence-electron chi connectivity index (χ4n) is 1.34. The van der Waals surface area contributed by atoms with Gasteiger partial charge in [0.2, 0.25) is 0 Å². The summed E-state index contributed by atoms with van der Waals surface area (Å²) in [6.07, 6.45) is 0.417. The van der Waals surface area contributed by atoms with Gasteiger partial charge in [-0.1, -0.05) is 20.8 Å². The molecule has 0 aliphatic heterocycles. The fraction of sp³-hybridized carbons (Fsp3) is 0.545. The zero-order valence-electron chi connectivity index (χ0n) is 10.2. The second-order valence-electron chi connectivity index (χ2n) is 4.11. The van der Waals surface area contributed by atoms with Crippen LogP contribution in [0.25, 0.3) is 0 Å². The second-order valence-corrected chi connectivity index (χ2v) is 4.11. The van der Waals surface area contributed by atoms with E-state index in [0.717, 1.165) is 0 Å². The number of nitrogens with zero attached hydrogens (tertiary/aromatic N) is 1. The van der Waals surface area contributed by atoms with Crippen molar-refractivity contribution in [2.24, 2.45) is 0 Å². The van der Waals surface area contributed by atoms with Gasteiger partial charge < -0.3 is 15.4 Å². The molecule has 0 saturated heterocycles. The smallest absolute Gasteiger partial charge is 0.326 e. The maximum Gasteiger partial charge on any atom is 0.326 e. The molecule has 1 rings (SSSR count). The second kappa shape index (κ2) is 5.47. The third kappa shape index (κ3) is 3.58. The fourth-order valence-corrected chi connectivity index (χ4v) is 1.34. The molecule has 0 aliphatic carbocycles. The number of H-pyrrole nitrogens is 1. The number of nitrogens with one attached hydrogen (secondary N) is 2. The first-order chi connectivity index (χ1) is 7.93. The zero-order chi connectivity index (χ0) is 13.0. The van der Waals surface area contributed by atoms with Crippen LogP contribution in [-0.2, 0) is 4.79 Å². The van der Waals surface area contributed by atoms with Crippen molar-refractivity contribution in [2.45, 2.75) is 39.2 Å². The third-order valence-corrected chi connectivity index (χ3v) is 2.34. The number of carboxylic acid groups (broad SMARTS) is 1. The van der Waals surface area contributed by atoms with Gasteiger partial charge in [0.05, 0.1) is 0 Å². The maximum atomic E-state index is 11.4. The highest BCUT2D eigenvalue weighted by Crippen LogP contribution is 2.10. The van der Waals surface area contributed by atoms with E-state index in [1.54, 1.807) is 6.92 Å². The Kier molecular flexibility index (Phi) is 4.25. The summed E-state index contributed by atoms with van der Waals surface area (Å²) in [5, 5.41) is 11.6. The largest absolute Gasteiger partial charge is 0.480 e. The number of carboxylic acids is 1. The number of anilines is 1. The quantitative estimate of drug-likeness (QED) is 0.716. The summed E-state index contributed by atoms with van der Waals surface area (Å²) in [4.78, 5) is 29.0. The third-order valence-electron chi connectivity index (χ3n) is 2.34. The van der Waals surface area contributed by atoms with Crippen LogP contribution in [0, 0.1) is 0 Å². The van der Waals surface area contributed by atoms with Gasteiger partial charge in [0.15, 0.2) is 0 Å². The maximum absolute atomic E-state index is 11.4. The Labute approximate surface area is 99.1 Å². The Hall–Kier alpha value is -1.85. The number of aliphatic carboxylic acids is 1. The van der Waals surface area contributed by atoms with Crippen LogP contribution in [0.4, 0.5) is 5.82 Å². The van der Waals surface area contributed by atoms with Gasteiger partial charge in [-0.05, 0) is 6.42 Å². The molecule has 0 amide bonds. The van der Waals surface area contributed by atoms with Crippen molar-refractivity contribution < 1.29 is 9.90 Å². The van der Waals surface area contributed by atoms with Crippen LogP contribution in [0.3, 0.4) is 0 Å². The van der Waals surface area contributed by atoms with Gasteiger partial charge in [-0.25, -0.2) is 9.78 Å². The summed E-state index contributed by atoms with van der Waals surface area (Å²) >= 11 is 0. The summed E-state index contributed by atoms with van der Waals surface area (Å²) in [7, 11) is 0. The van der Waals surface area contributed by atoms with Crippen LogP contribution in [0.5, 0.6) is 0 Å². The Morgan fingerprint density at radius 1 is 1.59 bits per heavy atom. The standard InChI is InChI=1S/C11H17N3O3/c1-4-7(11(16)17)12-8-5-9(15)14-10(13-8)6(2)3/h5-7H,4H2,1-3H3,(H,16,17)(H2,12,13,14,15). The number of carbonyl (C=O) groups is 1. The van der Waals surface area contributed by atoms with Crippen LogP contribution < -0.4 is 10.9 Å². The SMILES string of the molecule is CCC(Nc1cc(=O)[nH]c(C(C)C)n1)C(=O)O. The minimum Gasteiger partial charge on any atom is -0.480 e. The van der Waals surface area contributed by atoms with E-state index in [-0.39, 0.29) is 11.5 Å². The van der Waals surface area contributed by atoms with Crippen molar-refractivity contribution in [2.75, 3.05) is 5.32 Å². The molecule has 0 fully saturated rings. The number of aromatic amines is 1. The van der Waals surface area contributed by atoms with Crippen LogP contribution in [0.2, 0.25) is 0 Å². The van der Waals surface area contributed by atoms with Crippen molar-refractivity contribution in [1.82, 2.24) is 9.97 Å². The topological polar surface area (TPSA) is 95.1 Å². The highest BCUT2D eigenvalue weighted by atomic mass is 16.4. The summed E-state index contributed by atoms with van der Waals surface area (Å²) in [5.41, 5.74) is -0.286. The van der Waals surface area contributed by atoms with Gasteiger partial charge >= 0.3 is 5.97 Å². The number of rotatable bonds is 5. The van der Waals surface area contributed by atoms with Crippen molar-refractivity contribution >= 4 is 11.8 Å². The van der Waals surface area contributed by atoms with Crippen molar-refractivity contribution in [3.05, 3.63) is 22.2 Å². The van der Waals surface area contributed by atoms with Gasteiger partial charge in [0.1, 0.15) is 17.7 Å². The van der Waals surface area contributed by atoms with Gasteiger partial charge in [-0.2, -0.15) is 0 Å². The molecule has 3 N–H and O–H groups in total. The van der Waals surface area contributed by atoms with Crippen LogP contribution in [-0.4, -0.2) is 27.1 Å². The Bertz CT molecular complexity index is 454. The first kappa shape index (κ1) is 13.2. The van der Waals surface area contributed by atoms with Crippen molar-refractivity contribution in [3.63, 3.8) is 0 Å². The lowest BCUT2D eigenvalue weighted by molar-refractivity contribution is -0.137. The summed E-state index contributed by atoms with van der Waals surface area (Å²) in [5.74, 6) is -0.0398. The summed E-state index contributed by atoms with van der Waals surface area (Å²) in [6.45, 7) is 5.55. The van der Waals surface area contributed by atoms with E-state index in [1.807, 2.05) is 13.8 Å².